The van der Waals surface area contributed by atoms with Crippen molar-refractivity contribution in [2.24, 2.45) is 5.10 Å². The van der Waals surface area contributed by atoms with Crippen LogP contribution in [-0.2, 0) is 0 Å². The number of benzene rings is 1. The molecule has 2 aromatic rings. The first-order valence-corrected chi connectivity index (χ1v) is 6.13. The highest BCUT2D eigenvalue weighted by Crippen LogP contribution is 2.15. The number of rotatable bonds is 3. The second-order valence-corrected chi connectivity index (χ2v) is 4.56. The molecule has 2 N–H and O–H groups in total. The lowest BCUT2D eigenvalue weighted by molar-refractivity contribution is 0.986. The van der Waals surface area contributed by atoms with Crippen molar-refractivity contribution in [2.45, 2.75) is 6.92 Å². The molecule has 0 atom stereocenters. The highest BCUT2D eigenvalue weighted by atomic mass is 35.5. The first-order chi connectivity index (χ1) is 9.08. The Morgan fingerprint density at radius 3 is 2.68 bits per heavy atom. The summed E-state index contributed by atoms with van der Waals surface area (Å²) in [6.07, 6.45) is 1.39. The minimum atomic E-state index is -0.467. The van der Waals surface area contributed by atoms with E-state index in [-0.39, 0.29) is 5.02 Å². The number of hydrogen-bond donors (Lipinski definition) is 2. The highest BCUT2D eigenvalue weighted by Gasteiger charge is 2.04. The van der Waals surface area contributed by atoms with Crippen LogP contribution in [0, 0.1) is 0 Å². The SMILES string of the molecule is C/C(=N/Nc1cn[nH]c(=O)c1Cl)c1ccc(Cl)cc1. The molecule has 0 fully saturated rings. The molecule has 1 aromatic carbocycles. The summed E-state index contributed by atoms with van der Waals surface area (Å²) >= 11 is 11.6. The fourth-order valence-corrected chi connectivity index (χ4v) is 1.62. The molecule has 0 radical (unpaired) electrons. The number of hydrogen-bond acceptors (Lipinski definition) is 4. The number of H-pyrrole nitrogens is 1. The molecule has 0 unspecified atom stereocenters. The van der Waals surface area contributed by atoms with E-state index in [9.17, 15) is 4.79 Å². The molecule has 0 aliphatic rings. The van der Waals surface area contributed by atoms with E-state index in [0.29, 0.717) is 10.7 Å². The van der Waals surface area contributed by atoms with Crippen molar-refractivity contribution in [3.8, 4) is 0 Å². The van der Waals surface area contributed by atoms with E-state index in [2.05, 4.69) is 20.7 Å². The van der Waals surface area contributed by atoms with Gasteiger partial charge in [-0.15, -0.1) is 0 Å². The third-order valence-electron chi connectivity index (χ3n) is 2.40. The van der Waals surface area contributed by atoms with Gasteiger partial charge in [-0.05, 0) is 24.6 Å². The lowest BCUT2D eigenvalue weighted by Crippen LogP contribution is -2.10. The summed E-state index contributed by atoms with van der Waals surface area (Å²) in [5.74, 6) is 0. The van der Waals surface area contributed by atoms with Gasteiger partial charge in [0.25, 0.3) is 5.56 Å². The van der Waals surface area contributed by atoms with E-state index >= 15 is 0 Å². The standard InChI is InChI=1S/C12H10Cl2N4O/c1-7(8-2-4-9(13)5-3-8)16-17-10-6-15-18-12(19)11(10)14/h2-6H,1H3,(H2,17,18,19)/b16-7-. The molecular formula is C12H10Cl2N4O. The lowest BCUT2D eigenvalue weighted by Gasteiger charge is -2.04. The Morgan fingerprint density at radius 2 is 2.00 bits per heavy atom. The predicted octanol–water partition coefficient (Wildman–Crippen LogP) is 2.91. The summed E-state index contributed by atoms with van der Waals surface area (Å²) in [5, 5.41) is 10.7. The molecule has 7 heteroatoms. The minimum absolute atomic E-state index is 0.0163. The molecular weight excluding hydrogens is 287 g/mol. The molecule has 2 rings (SSSR count). The average Bonchev–Trinajstić information content (AvgIpc) is 2.41. The number of nitrogens with one attached hydrogen (secondary N) is 2. The van der Waals surface area contributed by atoms with Gasteiger partial charge in [-0.2, -0.15) is 10.2 Å². The maximum absolute atomic E-state index is 11.2. The van der Waals surface area contributed by atoms with E-state index in [4.69, 9.17) is 23.2 Å². The molecule has 0 saturated heterocycles. The Morgan fingerprint density at radius 1 is 1.32 bits per heavy atom. The van der Waals surface area contributed by atoms with E-state index in [1.165, 1.54) is 6.20 Å². The summed E-state index contributed by atoms with van der Waals surface area (Å²) in [6.45, 7) is 1.82. The smallest absolute Gasteiger partial charge is 0.275 e. The largest absolute Gasteiger partial charge is 0.285 e. The van der Waals surface area contributed by atoms with Gasteiger partial charge in [0.15, 0.2) is 0 Å². The van der Waals surface area contributed by atoms with Crippen LogP contribution >= 0.6 is 23.2 Å². The fraction of sp³-hybridized carbons (Fsp3) is 0.0833. The van der Waals surface area contributed by atoms with Gasteiger partial charge in [0.2, 0.25) is 0 Å². The van der Waals surface area contributed by atoms with Crippen molar-refractivity contribution < 1.29 is 0 Å². The number of halogens is 2. The molecule has 0 bridgehead atoms. The zero-order valence-electron chi connectivity index (χ0n) is 9.95. The Bertz CT molecular complexity index is 664. The first kappa shape index (κ1) is 13.6. The number of aromatic nitrogens is 2. The van der Waals surface area contributed by atoms with E-state index in [1.807, 2.05) is 19.1 Å². The van der Waals surface area contributed by atoms with Crippen LogP contribution in [0.2, 0.25) is 10.0 Å². The number of aromatic amines is 1. The number of hydrazone groups is 1. The zero-order chi connectivity index (χ0) is 13.8. The van der Waals surface area contributed by atoms with Crippen LogP contribution in [0.15, 0.2) is 40.4 Å². The van der Waals surface area contributed by atoms with Crippen molar-refractivity contribution in [3.05, 3.63) is 56.4 Å². The molecule has 0 aliphatic heterocycles. The molecule has 0 aliphatic carbocycles. The molecule has 5 nitrogen and oxygen atoms in total. The summed E-state index contributed by atoms with van der Waals surface area (Å²) < 4.78 is 0. The van der Waals surface area contributed by atoms with Gasteiger partial charge in [0.1, 0.15) is 10.7 Å². The van der Waals surface area contributed by atoms with Gasteiger partial charge in [-0.1, -0.05) is 35.3 Å². The van der Waals surface area contributed by atoms with E-state index < -0.39 is 5.56 Å². The summed E-state index contributed by atoms with van der Waals surface area (Å²) in [5.41, 5.74) is 4.22. The van der Waals surface area contributed by atoms with Gasteiger partial charge in [0.05, 0.1) is 11.9 Å². The van der Waals surface area contributed by atoms with E-state index in [0.717, 1.165) is 11.3 Å². The second kappa shape index (κ2) is 5.86. The van der Waals surface area contributed by atoms with Crippen molar-refractivity contribution in [3.63, 3.8) is 0 Å². The number of nitrogens with zero attached hydrogens (tertiary/aromatic N) is 2. The van der Waals surface area contributed by atoms with Crippen LogP contribution in [-0.4, -0.2) is 15.9 Å². The van der Waals surface area contributed by atoms with Gasteiger partial charge < -0.3 is 0 Å². The molecule has 0 saturated carbocycles. The zero-order valence-corrected chi connectivity index (χ0v) is 11.5. The molecule has 1 aromatic heterocycles. The van der Waals surface area contributed by atoms with Crippen molar-refractivity contribution in [1.29, 1.82) is 0 Å². The van der Waals surface area contributed by atoms with Gasteiger partial charge in [-0.25, -0.2) is 5.10 Å². The van der Waals surface area contributed by atoms with Crippen LogP contribution in [0.5, 0.6) is 0 Å². The third-order valence-corrected chi connectivity index (χ3v) is 3.03. The Kier molecular flexibility index (Phi) is 4.19. The molecule has 1 heterocycles. The normalized spacial score (nSPS) is 11.4. The molecule has 19 heavy (non-hydrogen) atoms. The highest BCUT2D eigenvalue weighted by molar-refractivity contribution is 6.33. The summed E-state index contributed by atoms with van der Waals surface area (Å²) in [6, 6.07) is 7.25. The van der Waals surface area contributed by atoms with Crippen molar-refractivity contribution >= 4 is 34.6 Å². The Hall–Kier alpha value is -1.85. The number of anilines is 1. The summed E-state index contributed by atoms with van der Waals surface area (Å²) in [4.78, 5) is 11.2. The third kappa shape index (κ3) is 3.33. The van der Waals surface area contributed by atoms with Crippen molar-refractivity contribution in [2.75, 3.05) is 5.43 Å². The molecule has 0 amide bonds. The van der Waals surface area contributed by atoms with Crippen LogP contribution in [0.4, 0.5) is 5.69 Å². The Balaban J connectivity index is 2.20. The molecule has 0 spiro atoms. The Labute approximate surface area is 119 Å². The maximum Gasteiger partial charge on any atom is 0.285 e. The van der Waals surface area contributed by atoms with Crippen LogP contribution in [0.25, 0.3) is 0 Å². The average molecular weight is 297 g/mol. The van der Waals surface area contributed by atoms with Gasteiger partial charge in [-0.3, -0.25) is 10.2 Å². The van der Waals surface area contributed by atoms with Crippen LogP contribution in [0.1, 0.15) is 12.5 Å². The topological polar surface area (TPSA) is 70.1 Å². The quantitative estimate of drug-likeness (QED) is 0.676. The van der Waals surface area contributed by atoms with Gasteiger partial charge in [0, 0.05) is 5.02 Å². The first-order valence-electron chi connectivity index (χ1n) is 5.37. The van der Waals surface area contributed by atoms with E-state index in [1.54, 1.807) is 12.1 Å². The monoisotopic (exact) mass is 296 g/mol. The minimum Gasteiger partial charge on any atom is -0.275 e. The molecule has 98 valence electrons. The van der Waals surface area contributed by atoms with Crippen molar-refractivity contribution in [1.82, 2.24) is 10.2 Å². The predicted molar refractivity (Wildman–Crippen MR) is 77.2 cm³/mol. The van der Waals surface area contributed by atoms with Crippen LogP contribution in [0.3, 0.4) is 0 Å². The fourth-order valence-electron chi connectivity index (χ4n) is 1.36. The second-order valence-electron chi connectivity index (χ2n) is 3.74. The van der Waals surface area contributed by atoms with Gasteiger partial charge >= 0.3 is 0 Å². The lowest BCUT2D eigenvalue weighted by atomic mass is 10.1. The van der Waals surface area contributed by atoms with Crippen LogP contribution < -0.4 is 11.0 Å². The maximum atomic E-state index is 11.2. The summed E-state index contributed by atoms with van der Waals surface area (Å²) in [7, 11) is 0.